The Morgan fingerprint density at radius 1 is 0.773 bits per heavy atom. The van der Waals surface area contributed by atoms with Crippen LogP contribution in [-0.2, 0) is 9.59 Å². The minimum Gasteiger partial charge on any atom is -0.481 e. The molecule has 0 aromatic carbocycles. The Morgan fingerprint density at radius 2 is 1.36 bits per heavy atom. The molecule has 0 saturated heterocycles. The molecule has 5 saturated carbocycles. The lowest BCUT2D eigenvalue weighted by Gasteiger charge is -2.66. The van der Waals surface area contributed by atoms with Crippen molar-refractivity contribution < 1.29 is 19.8 Å². The van der Waals surface area contributed by atoms with Crippen molar-refractivity contribution in [2.24, 2.45) is 34.5 Å². The van der Waals surface area contributed by atoms with Gasteiger partial charge in [-0.05, 0) is 68.6 Å². The maximum absolute atomic E-state index is 12.6. The summed E-state index contributed by atoms with van der Waals surface area (Å²) in [6.07, 6.45) is 9.37. The van der Waals surface area contributed by atoms with E-state index < -0.39 is 22.8 Å². The van der Waals surface area contributed by atoms with Gasteiger partial charge in [0.1, 0.15) is 0 Å². The first-order valence-electron chi connectivity index (χ1n) is 8.97. The topological polar surface area (TPSA) is 74.6 Å². The van der Waals surface area contributed by atoms with E-state index in [0.29, 0.717) is 24.7 Å². The first-order chi connectivity index (χ1) is 10.5. The SMILES string of the molecule is O=C(O)C12CC3CC(CC(C3)C1(C(=O)O)C1CCCCC1)C2. The summed E-state index contributed by atoms with van der Waals surface area (Å²) in [5.41, 5.74) is -1.98. The Hall–Kier alpha value is -1.06. The van der Waals surface area contributed by atoms with Crippen LogP contribution in [-0.4, -0.2) is 22.2 Å². The third-order valence-electron chi connectivity index (χ3n) is 7.62. The summed E-state index contributed by atoms with van der Waals surface area (Å²) in [4.78, 5) is 24.9. The number of carboxylic acid groups (broad SMARTS) is 2. The average Bonchev–Trinajstić information content (AvgIpc) is 2.47. The highest BCUT2D eigenvalue weighted by atomic mass is 16.4. The highest BCUT2D eigenvalue weighted by molar-refractivity contribution is 5.88. The van der Waals surface area contributed by atoms with Crippen LogP contribution >= 0.6 is 0 Å². The van der Waals surface area contributed by atoms with Gasteiger partial charge in [0.2, 0.25) is 0 Å². The van der Waals surface area contributed by atoms with Gasteiger partial charge in [-0.2, -0.15) is 0 Å². The Morgan fingerprint density at radius 3 is 1.86 bits per heavy atom. The van der Waals surface area contributed by atoms with Crippen LogP contribution in [0.1, 0.15) is 64.2 Å². The summed E-state index contributed by atoms with van der Waals surface area (Å²) in [5, 5.41) is 20.4. The molecule has 0 heterocycles. The largest absolute Gasteiger partial charge is 0.481 e. The number of rotatable bonds is 3. The van der Waals surface area contributed by atoms with Crippen molar-refractivity contribution in [3.05, 3.63) is 0 Å². The van der Waals surface area contributed by atoms with Crippen molar-refractivity contribution in [1.29, 1.82) is 0 Å². The highest BCUT2D eigenvalue weighted by Crippen LogP contribution is 2.72. The van der Waals surface area contributed by atoms with Crippen molar-refractivity contribution in [3.63, 3.8) is 0 Å². The van der Waals surface area contributed by atoms with E-state index in [1.807, 2.05) is 0 Å². The minimum atomic E-state index is -0.993. The summed E-state index contributed by atoms with van der Waals surface area (Å²) in [6, 6.07) is 0. The van der Waals surface area contributed by atoms with Gasteiger partial charge < -0.3 is 10.2 Å². The molecule has 0 aromatic heterocycles. The zero-order valence-corrected chi connectivity index (χ0v) is 13.1. The molecule has 2 N–H and O–H groups in total. The monoisotopic (exact) mass is 306 g/mol. The molecule has 3 unspecified atom stereocenters. The molecule has 5 aliphatic rings. The molecule has 4 nitrogen and oxygen atoms in total. The fraction of sp³-hybridized carbons (Fsp3) is 0.889. The zero-order chi connectivity index (χ0) is 15.5. The molecule has 0 spiro atoms. The lowest BCUT2D eigenvalue weighted by atomic mass is 9.35. The van der Waals surface area contributed by atoms with Gasteiger partial charge in [-0.3, -0.25) is 9.59 Å². The summed E-state index contributed by atoms with van der Waals surface area (Å²) < 4.78 is 0. The van der Waals surface area contributed by atoms with Gasteiger partial charge in [-0.15, -0.1) is 0 Å². The molecule has 5 aliphatic carbocycles. The van der Waals surface area contributed by atoms with E-state index in [0.717, 1.165) is 44.9 Å². The van der Waals surface area contributed by atoms with Crippen molar-refractivity contribution in [2.75, 3.05) is 0 Å². The second-order valence-corrected chi connectivity index (χ2v) is 8.44. The summed E-state index contributed by atoms with van der Waals surface area (Å²) in [5.74, 6) is -0.560. The van der Waals surface area contributed by atoms with Crippen LogP contribution in [0.15, 0.2) is 0 Å². The van der Waals surface area contributed by atoms with Crippen LogP contribution in [0.25, 0.3) is 0 Å². The molecule has 4 heteroatoms. The molecule has 0 aliphatic heterocycles. The summed E-state index contributed by atoms with van der Waals surface area (Å²) >= 11 is 0. The first kappa shape index (κ1) is 14.5. The van der Waals surface area contributed by atoms with Crippen molar-refractivity contribution in [1.82, 2.24) is 0 Å². The molecule has 0 aromatic rings. The highest BCUT2D eigenvalue weighted by Gasteiger charge is 2.74. The Kier molecular flexibility index (Phi) is 3.11. The molecule has 5 fully saturated rings. The van der Waals surface area contributed by atoms with Crippen LogP contribution in [0.2, 0.25) is 0 Å². The average molecular weight is 306 g/mol. The van der Waals surface area contributed by atoms with Crippen LogP contribution < -0.4 is 0 Å². The van der Waals surface area contributed by atoms with Gasteiger partial charge in [-0.1, -0.05) is 19.3 Å². The second-order valence-electron chi connectivity index (χ2n) is 8.44. The van der Waals surface area contributed by atoms with Crippen LogP contribution in [0.5, 0.6) is 0 Å². The number of carboxylic acids is 2. The van der Waals surface area contributed by atoms with E-state index in [9.17, 15) is 19.8 Å². The van der Waals surface area contributed by atoms with Gasteiger partial charge in [0.05, 0.1) is 10.8 Å². The Bertz CT molecular complexity index is 489. The van der Waals surface area contributed by atoms with E-state index in [4.69, 9.17) is 0 Å². The predicted octanol–water partition coefficient (Wildman–Crippen LogP) is 3.55. The third-order valence-corrected chi connectivity index (χ3v) is 7.62. The smallest absolute Gasteiger partial charge is 0.311 e. The van der Waals surface area contributed by atoms with Crippen molar-refractivity contribution in [3.8, 4) is 0 Å². The fourth-order valence-corrected chi connectivity index (χ4v) is 7.25. The van der Waals surface area contributed by atoms with E-state index in [1.165, 1.54) is 6.42 Å². The molecule has 22 heavy (non-hydrogen) atoms. The van der Waals surface area contributed by atoms with E-state index in [1.54, 1.807) is 0 Å². The molecule has 0 amide bonds. The molecule has 122 valence electrons. The Labute approximate surface area is 131 Å². The summed E-state index contributed by atoms with van der Waals surface area (Å²) in [6.45, 7) is 0. The first-order valence-corrected chi connectivity index (χ1v) is 8.97. The molecule has 0 radical (unpaired) electrons. The maximum atomic E-state index is 12.6. The standard InChI is InChI=1S/C18H26O4/c19-15(20)17-9-11-6-12(10-17)8-14(7-11)18(17,16(21)22)13-4-2-1-3-5-13/h11-14H,1-10H2,(H,19,20)(H,21,22). The molecular formula is C18H26O4. The van der Waals surface area contributed by atoms with Gasteiger partial charge in [0.15, 0.2) is 0 Å². The molecule has 4 bridgehead atoms. The van der Waals surface area contributed by atoms with Crippen LogP contribution in [0.3, 0.4) is 0 Å². The number of hydrogen-bond acceptors (Lipinski definition) is 2. The van der Waals surface area contributed by atoms with Crippen molar-refractivity contribution in [2.45, 2.75) is 64.2 Å². The minimum absolute atomic E-state index is 0.0693. The molecule has 5 rings (SSSR count). The molecule has 3 atom stereocenters. The van der Waals surface area contributed by atoms with E-state index >= 15 is 0 Å². The maximum Gasteiger partial charge on any atom is 0.311 e. The second kappa shape index (κ2) is 4.72. The van der Waals surface area contributed by atoms with E-state index in [2.05, 4.69) is 0 Å². The van der Waals surface area contributed by atoms with Gasteiger partial charge in [0, 0.05) is 0 Å². The number of aliphatic carboxylic acids is 2. The predicted molar refractivity (Wildman–Crippen MR) is 80.3 cm³/mol. The quantitative estimate of drug-likeness (QED) is 0.836. The number of hydrogen-bond donors (Lipinski definition) is 2. The summed E-state index contributed by atoms with van der Waals surface area (Å²) in [7, 11) is 0. The van der Waals surface area contributed by atoms with Crippen LogP contribution in [0, 0.1) is 34.5 Å². The van der Waals surface area contributed by atoms with Gasteiger partial charge in [-0.25, -0.2) is 0 Å². The van der Waals surface area contributed by atoms with Gasteiger partial charge >= 0.3 is 11.9 Å². The van der Waals surface area contributed by atoms with Crippen LogP contribution in [0.4, 0.5) is 0 Å². The lowest BCUT2D eigenvalue weighted by Crippen LogP contribution is -2.68. The number of carbonyl (C=O) groups is 2. The Balaban J connectivity index is 1.87. The lowest BCUT2D eigenvalue weighted by molar-refractivity contribution is -0.232. The van der Waals surface area contributed by atoms with Gasteiger partial charge in [0.25, 0.3) is 0 Å². The zero-order valence-electron chi connectivity index (χ0n) is 13.1. The normalized spacial score (nSPS) is 47.5. The fourth-order valence-electron chi connectivity index (χ4n) is 7.25. The molecular weight excluding hydrogens is 280 g/mol. The third kappa shape index (κ3) is 1.59. The van der Waals surface area contributed by atoms with E-state index in [-0.39, 0.29) is 11.8 Å². The van der Waals surface area contributed by atoms with Crippen molar-refractivity contribution >= 4 is 11.9 Å².